The second kappa shape index (κ2) is 13.0. The van der Waals surface area contributed by atoms with Crippen LogP contribution in [-0.4, -0.2) is 16.4 Å². The van der Waals surface area contributed by atoms with E-state index in [0.29, 0.717) is 0 Å². The molecule has 1 radical (unpaired) electrons. The normalized spacial score (nSPS) is 11.8. The van der Waals surface area contributed by atoms with Crippen LogP contribution in [0.5, 0.6) is 0 Å². The van der Waals surface area contributed by atoms with Gasteiger partial charge in [0.05, 0.1) is 34.2 Å². The third-order valence-electron chi connectivity index (χ3n) is 7.05. The maximum Gasteiger partial charge on any atom is 0.0966 e. The maximum absolute atomic E-state index is 5.25. The Morgan fingerprint density at radius 1 is 0.463 bits per heavy atom. The number of aliphatic imine (C=N–C) groups is 2. The van der Waals surface area contributed by atoms with Crippen molar-refractivity contribution in [2.24, 2.45) is 9.98 Å². The molecule has 4 aromatic carbocycles. The molecular weight excluding hydrogens is 545 g/mol. The largest absolute Gasteiger partial charge is 0.246 e. The van der Waals surface area contributed by atoms with Crippen molar-refractivity contribution in [2.75, 3.05) is 0 Å². The summed E-state index contributed by atoms with van der Waals surface area (Å²) in [5.41, 5.74) is 14.4. The van der Waals surface area contributed by atoms with Crippen LogP contribution < -0.4 is 0 Å². The molecule has 0 saturated heterocycles. The van der Waals surface area contributed by atoms with Gasteiger partial charge in [0, 0.05) is 27.9 Å². The summed E-state index contributed by atoms with van der Waals surface area (Å²) < 4.78 is 0. The molecule has 41 heavy (non-hydrogen) atoms. The van der Waals surface area contributed by atoms with Crippen LogP contribution in [0, 0.1) is 41.5 Å². The smallest absolute Gasteiger partial charge is 0.0966 e. The average Bonchev–Trinajstić information content (AvgIpc) is 2.93. The third-order valence-corrected chi connectivity index (χ3v) is 7.05. The zero-order valence-electron chi connectivity index (χ0n) is 24.5. The number of benzene rings is 4. The van der Waals surface area contributed by atoms with Crippen LogP contribution in [0.2, 0.25) is 0 Å². The predicted molar refractivity (Wildman–Crippen MR) is 169 cm³/mol. The zero-order valence-corrected chi connectivity index (χ0v) is 25.5. The summed E-state index contributed by atoms with van der Waals surface area (Å²) in [5, 5.41) is 0. The molecule has 4 heteroatoms. The van der Waals surface area contributed by atoms with Gasteiger partial charge in [-0.2, -0.15) is 0 Å². The summed E-state index contributed by atoms with van der Waals surface area (Å²) in [6, 6.07) is 35.5. The fourth-order valence-corrected chi connectivity index (χ4v) is 5.35. The Labute approximate surface area is 254 Å². The first kappa shape index (κ1) is 29.8. The number of pyridine rings is 1. The van der Waals surface area contributed by atoms with Gasteiger partial charge in [0.15, 0.2) is 0 Å². The van der Waals surface area contributed by atoms with Gasteiger partial charge in [0.25, 0.3) is 0 Å². The Hall–Kier alpha value is -4.12. The number of aryl methyl sites for hydroxylation is 6. The molecule has 5 aromatic rings. The van der Waals surface area contributed by atoms with E-state index in [-0.39, 0.29) is 16.8 Å². The molecule has 0 saturated carbocycles. The molecule has 0 aliphatic carbocycles. The fraction of sp³-hybridized carbons (Fsp3) is 0.162. The Bertz CT molecular complexity index is 1560. The molecule has 0 atom stereocenters. The first-order valence-electron chi connectivity index (χ1n) is 13.7. The third kappa shape index (κ3) is 6.79. The summed E-state index contributed by atoms with van der Waals surface area (Å²) in [6.07, 6.45) is 0. The molecule has 1 aromatic heterocycles. The quantitative estimate of drug-likeness (QED) is 0.185. The Balaban J connectivity index is 0.00000387. The summed E-state index contributed by atoms with van der Waals surface area (Å²) in [5.74, 6) is 0. The standard InChI is InChI=1S/C37H35N3.Co/c1-24-20-26(3)34(27(4)21-24)39-36(30-14-9-7-10-15-30)32-18-13-19-33(38-32)37(31-16-11-8-12-17-31)40-35-28(5)22-25(2)23-29(35)6;/h7-23H,1-6H3;. The molecule has 5 rings (SSSR count). The molecule has 0 aliphatic heterocycles. The molecule has 0 spiro atoms. The van der Waals surface area contributed by atoms with Gasteiger partial charge < -0.3 is 0 Å². The van der Waals surface area contributed by atoms with Crippen LogP contribution in [0.15, 0.2) is 113 Å². The van der Waals surface area contributed by atoms with E-state index in [9.17, 15) is 0 Å². The SMILES string of the molecule is Cc1cc(C)c(N=C(c2ccccc2)c2cccc(C(=Nc3c(C)cc(C)cc3C)c3ccccc3)n2)c(C)c1.[Co]. The summed E-state index contributed by atoms with van der Waals surface area (Å²) in [4.78, 5) is 15.7. The van der Waals surface area contributed by atoms with Gasteiger partial charge in [-0.25, -0.2) is 15.0 Å². The second-order valence-corrected chi connectivity index (χ2v) is 10.6. The molecule has 0 aliphatic rings. The van der Waals surface area contributed by atoms with E-state index < -0.39 is 0 Å². The van der Waals surface area contributed by atoms with Crippen LogP contribution in [0.4, 0.5) is 11.4 Å². The second-order valence-electron chi connectivity index (χ2n) is 10.6. The molecule has 0 N–H and O–H groups in total. The predicted octanol–water partition coefficient (Wildman–Crippen LogP) is 9.27. The average molecular weight is 581 g/mol. The summed E-state index contributed by atoms with van der Waals surface area (Å²) >= 11 is 0. The number of aromatic nitrogens is 1. The van der Waals surface area contributed by atoms with Gasteiger partial charge in [-0.3, -0.25) is 0 Å². The van der Waals surface area contributed by atoms with Crippen molar-refractivity contribution >= 4 is 22.8 Å². The van der Waals surface area contributed by atoms with Crippen molar-refractivity contribution in [1.29, 1.82) is 0 Å². The molecule has 3 nitrogen and oxygen atoms in total. The fourth-order valence-electron chi connectivity index (χ4n) is 5.35. The Morgan fingerprint density at radius 3 is 1.15 bits per heavy atom. The van der Waals surface area contributed by atoms with Crippen LogP contribution in [0.1, 0.15) is 55.9 Å². The van der Waals surface area contributed by atoms with Crippen LogP contribution in [0.3, 0.4) is 0 Å². The van der Waals surface area contributed by atoms with E-state index in [4.69, 9.17) is 15.0 Å². The minimum absolute atomic E-state index is 0. The van der Waals surface area contributed by atoms with E-state index in [0.717, 1.165) is 67.6 Å². The van der Waals surface area contributed by atoms with Gasteiger partial charge in [0.2, 0.25) is 0 Å². The van der Waals surface area contributed by atoms with E-state index in [1.54, 1.807) is 0 Å². The Morgan fingerprint density at radius 2 is 0.805 bits per heavy atom. The van der Waals surface area contributed by atoms with E-state index in [1.807, 2.05) is 48.5 Å². The molecule has 0 bridgehead atoms. The van der Waals surface area contributed by atoms with E-state index in [2.05, 4.69) is 96.1 Å². The molecular formula is C37H35CoN3. The van der Waals surface area contributed by atoms with Crippen molar-refractivity contribution in [3.8, 4) is 0 Å². The molecule has 0 fully saturated rings. The van der Waals surface area contributed by atoms with Crippen LogP contribution in [-0.2, 0) is 16.8 Å². The van der Waals surface area contributed by atoms with Crippen LogP contribution >= 0.6 is 0 Å². The minimum atomic E-state index is 0. The summed E-state index contributed by atoms with van der Waals surface area (Å²) in [6.45, 7) is 12.7. The molecule has 0 unspecified atom stereocenters. The van der Waals surface area contributed by atoms with Crippen molar-refractivity contribution in [2.45, 2.75) is 41.5 Å². The molecule has 0 amide bonds. The first-order valence-corrected chi connectivity index (χ1v) is 13.7. The molecule has 207 valence electrons. The number of hydrogen-bond donors (Lipinski definition) is 0. The Kier molecular flexibility index (Phi) is 9.48. The van der Waals surface area contributed by atoms with Crippen molar-refractivity contribution < 1.29 is 16.8 Å². The number of rotatable bonds is 6. The topological polar surface area (TPSA) is 37.6 Å². The van der Waals surface area contributed by atoms with Gasteiger partial charge in [-0.05, 0) is 75.9 Å². The summed E-state index contributed by atoms with van der Waals surface area (Å²) in [7, 11) is 0. The van der Waals surface area contributed by atoms with Gasteiger partial charge >= 0.3 is 0 Å². The van der Waals surface area contributed by atoms with Gasteiger partial charge in [0.1, 0.15) is 0 Å². The van der Waals surface area contributed by atoms with E-state index in [1.165, 1.54) is 11.1 Å². The van der Waals surface area contributed by atoms with Crippen LogP contribution in [0.25, 0.3) is 0 Å². The first-order chi connectivity index (χ1) is 19.3. The zero-order chi connectivity index (χ0) is 28.2. The number of nitrogens with zero attached hydrogens (tertiary/aromatic N) is 3. The minimum Gasteiger partial charge on any atom is -0.246 e. The number of hydrogen-bond acceptors (Lipinski definition) is 3. The van der Waals surface area contributed by atoms with Gasteiger partial charge in [-0.15, -0.1) is 0 Å². The monoisotopic (exact) mass is 580 g/mol. The van der Waals surface area contributed by atoms with Crippen molar-refractivity contribution in [3.63, 3.8) is 0 Å². The van der Waals surface area contributed by atoms with E-state index >= 15 is 0 Å². The van der Waals surface area contributed by atoms with Crippen molar-refractivity contribution in [3.05, 3.63) is 159 Å². The molecule has 1 heterocycles. The maximum atomic E-state index is 5.25. The van der Waals surface area contributed by atoms with Crippen molar-refractivity contribution in [1.82, 2.24) is 4.98 Å². The van der Waals surface area contributed by atoms with Gasteiger partial charge in [-0.1, -0.05) is 102 Å².